The second-order valence-electron chi connectivity index (χ2n) is 8.73. The number of amides is 1. The highest BCUT2D eigenvalue weighted by atomic mass is 35.5. The minimum atomic E-state index is -0.420. The van der Waals surface area contributed by atoms with E-state index in [0.717, 1.165) is 15.8 Å². The fourth-order valence-corrected chi connectivity index (χ4v) is 5.55. The lowest BCUT2D eigenvalue weighted by Gasteiger charge is -2.22. The van der Waals surface area contributed by atoms with Gasteiger partial charge >= 0.3 is 0 Å². The fourth-order valence-electron chi connectivity index (χ4n) is 4.57. The molecule has 0 fully saturated rings. The molecule has 38 heavy (non-hydrogen) atoms. The molecule has 0 saturated heterocycles. The Hall–Kier alpha value is -3.96. The average Bonchev–Trinajstić information content (AvgIpc) is 3.46. The molecule has 1 unspecified atom stereocenters. The first kappa shape index (κ1) is 25.7. The van der Waals surface area contributed by atoms with Crippen molar-refractivity contribution in [2.45, 2.75) is 33.7 Å². The summed E-state index contributed by atoms with van der Waals surface area (Å²) < 4.78 is 8.75. The third kappa shape index (κ3) is 4.27. The number of thiazole rings is 1. The summed E-state index contributed by atoms with van der Waals surface area (Å²) >= 11 is 8.04. The van der Waals surface area contributed by atoms with Crippen LogP contribution < -0.4 is 21.5 Å². The summed E-state index contributed by atoms with van der Waals surface area (Å²) in [6, 6.07) is 7.20. The van der Waals surface area contributed by atoms with E-state index in [1.54, 1.807) is 4.68 Å². The van der Waals surface area contributed by atoms with Gasteiger partial charge in [0.15, 0.2) is 10.8 Å². The molecule has 3 aromatic heterocycles. The van der Waals surface area contributed by atoms with Gasteiger partial charge < -0.3 is 21.5 Å². The van der Waals surface area contributed by atoms with E-state index in [1.165, 1.54) is 17.7 Å². The van der Waals surface area contributed by atoms with Gasteiger partial charge in [0.25, 0.3) is 5.91 Å². The number of nitrogens with zero attached hydrogens (tertiary/aromatic N) is 5. The third-order valence-electron chi connectivity index (χ3n) is 6.37. The molecule has 5 rings (SSSR count). The van der Waals surface area contributed by atoms with E-state index in [9.17, 15) is 4.79 Å². The van der Waals surface area contributed by atoms with Crippen LogP contribution in [0.25, 0.3) is 32.5 Å². The van der Waals surface area contributed by atoms with Crippen LogP contribution in [0.3, 0.4) is 0 Å². The summed E-state index contributed by atoms with van der Waals surface area (Å²) in [5.74, 6) is 0.517. The Kier molecular flexibility index (Phi) is 6.80. The Morgan fingerprint density at radius 3 is 2.76 bits per heavy atom. The van der Waals surface area contributed by atoms with Crippen LogP contribution in [0.5, 0.6) is 5.75 Å². The predicted octanol–water partition coefficient (Wildman–Crippen LogP) is 4.99. The van der Waals surface area contributed by atoms with Crippen molar-refractivity contribution in [3.05, 3.63) is 52.3 Å². The van der Waals surface area contributed by atoms with Crippen molar-refractivity contribution in [3.8, 4) is 17.0 Å². The molecule has 10 nitrogen and oxygen atoms in total. The molecule has 5 N–H and O–H groups in total. The summed E-state index contributed by atoms with van der Waals surface area (Å²) in [5.41, 5.74) is 16.8. The summed E-state index contributed by atoms with van der Waals surface area (Å²) in [6.07, 6.45) is 1.41. The van der Waals surface area contributed by atoms with Gasteiger partial charge in [0.2, 0.25) is 0 Å². The van der Waals surface area contributed by atoms with Gasteiger partial charge in [-0.05, 0) is 51.5 Å². The van der Waals surface area contributed by atoms with E-state index in [1.807, 2.05) is 52.0 Å². The highest BCUT2D eigenvalue weighted by Crippen LogP contribution is 2.40. The Bertz CT molecular complexity index is 1700. The summed E-state index contributed by atoms with van der Waals surface area (Å²) in [6.45, 7) is 8.33. The number of hydrogen-bond acceptors (Lipinski definition) is 9. The molecule has 0 bridgehead atoms. The lowest BCUT2D eigenvalue weighted by Crippen LogP contribution is -2.25. The highest BCUT2D eigenvalue weighted by Gasteiger charge is 2.28. The number of anilines is 2. The van der Waals surface area contributed by atoms with Gasteiger partial charge in [0.05, 0.1) is 33.8 Å². The number of ether oxygens (including phenoxy) is 1. The summed E-state index contributed by atoms with van der Waals surface area (Å²) in [7, 11) is 0. The molecule has 196 valence electrons. The monoisotopic (exact) mass is 550 g/mol. The van der Waals surface area contributed by atoms with Crippen molar-refractivity contribution in [1.29, 1.82) is 0 Å². The Labute approximate surface area is 228 Å². The van der Waals surface area contributed by atoms with Crippen molar-refractivity contribution < 1.29 is 9.53 Å². The number of halogens is 1. The van der Waals surface area contributed by atoms with Gasteiger partial charge in [-0.2, -0.15) is 5.10 Å². The van der Waals surface area contributed by atoms with Crippen LogP contribution in [0, 0.1) is 6.92 Å². The Morgan fingerprint density at radius 2 is 2.03 bits per heavy atom. The zero-order valence-corrected chi connectivity index (χ0v) is 22.9. The van der Waals surface area contributed by atoms with Gasteiger partial charge in [0, 0.05) is 22.7 Å². The fraction of sp³-hybridized carbons (Fsp3) is 0.269. The Balaban J connectivity index is 1.73. The van der Waals surface area contributed by atoms with Crippen molar-refractivity contribution in [2.24, 2.45) is 0 Å². The average molecular weight is 551 g/mol. The quantitative estimate of drug-likeness (QED) is 0.257. The molecule has 12 heteroatoms. The molecule has 0 aliphatic carbocycles. The predicted molar refractivity (Wildman–Crippen MR) is 152 cm³/mol. The number of benzene rings is 2. The second-order valence-corrected chi connectivity index (χ2v) is 10.2. The maximum absolute atomic E-state index is 13.1. The smallest absolute Gasteiger partial charge is 0.255 e. The number of carbonyl (C=O) groups is 1. The minimum Gasteiger partial charge on any atom is -0.493 e. The van der Waals surface area contributed by atoms with E-state index in [0.29, 0.717) is 68.3 Å². The largest absolute Gasteiger partial charge is 0.493 e. The number of nitrogens with one attached hydrogen (secondary N) is 1. The molecule has 0 aliphatic rings. The molecule has 3 heterocycles. The van der Waals surface area contributed by atoms with Gasteiger partial charge in [-0.1, -0.05) is 29.0 Å². The molecule has 0 aliphatic heterocycles. The first-order valence-corrected chi connectivity index (χ1v) is 13.3. The van der Waals surface area contributed by atoms with Gasteiger partial charge in [-0.15, -0.1) is 0 Å². The van der Waals surface area contributed by atoms with Crippen molar-refractivity contribution >= 4 is 61.0 Å². The van der Waals surface area contributed by atoms with Crippen LogP contribution in [0.1, 0.15) is 48.3 Å². The zero-order valence-electron chi connectivity index (χ0n) is 21.4. The number of carbonyl (C=O) groups excluding carboxylic acids is 1. The van der Waals surface area contributed by atoms with Crippen molar-refractivity contribution in [2.75, 3.05) is 24.6 Å². The van der Waals surface area contributed by atoms with E-state index in [-0.39, 0.29) is 5.91 Å². The SMILES string of the molecule is CCNC(=O)c1c(C)c(Cl)cc(C(C)n2nc(-c3ccc4nc(N)sc4c3)c3c(N)ncnc32)c1OCC. The summed E-state index contributed by atoms with van der Waals surface area (Å²) in [4.78, 5) is 26.1. The number of fused-ring (bicyclic) bond motifs is 2. The number of aromatic nitrogens is 5. The molecule has 0 saturated carbocycles. The molecular weight excluding hydrogens is 524 g/mol. The topological polar surface area (TPSA) is 147 Å². The van der Waals surface area contributed by atoms with Gasteiger partial charge in [0.1, 0.15) is 23.6 Å². The van der Waals surface area contributed by atoms with E-state index < -0.39 is 6.04 Å². The number of nitrogen functional groups attached to an aromatic ring is 2. The second kappa shape index (κ2) is 10.1. The molecule has 5 aromatic rings. The number of hydrogen-bond donors (Lipinski definition) is 3. The normalized spacial score (nSPS) is 12.2. The number of nitrogens with two attached hydrogens (primary N) is 2. The lowest BCUT2D eigenvalue weighted by atomic mass is 9.98. The van der Waals surface area contributed by atoms with Gasteiger partial charge in [-0.3, -0.25) is 4.79 Å². The third-order valence-corrected chi connectivity index (χ3v) is 7.61. The molecule has 1 atom stereocenters. The van der Waals surface area contributed by atoms with Crippen LogP contribution >= 0.6 is 22.9 Å². The number of rotatable bonds is 7. The standard InChI is InChI=1S/C26H27ClN8O2S/c1-5-30-25(36)19-12(3)16(27)10-15(22(19)37-6-2)13(4)35-24-20(23(28)31-11-32-24)21(34-35)14-7-8-17-18(9-14)38-26(29)33-17/h7-11,13H,5-6H2,1-4H3,(H2,29,33)(H,30,36)(H2,28,31,32). The Morgan fingerprint density at radius 1 is 1.24 bits per heavy atom. The van der Waals surface area contributed by atoms with Crippen molar-refractivity contribution in [1.82, 2.24) is 30.0 Å². The minimum absolute atomic E-state index is 0.251. The van der Waals surface area contributed by atoms with Crippen LogP contribution in [0.15, 0.2) is 30.6 Å². The van der Waals surface area contributed by atoms with E-state index in [2.05, 4.69) is 20.3 Å². The maximum atomic E-state index is 13.1. The molecule has 1 amide bonds. The van der Waals surface area contributed by atoms with Crippen LogP contribution in [-0.2, 0) is 0 Å². The van der Waals surface area contributed by atoms with E-state index in [4.69, 9.17) is 32.9 Å². The summed E-state index contributed by atoms with van der Waals surface area (Å²) in [5, 5.41) is 9.39. The van der Waals surface area contributed by atoms with Crippen LogP contribution in [0.4, 0.5) is 10.9 Å². The zero-order chi connectivity index (χ0) is 27.1. The van der Waals surface area contributed by atoms with Crippen LogP contribution in [0.2, 0.25) is 5.02 Å². The van der Waals surface area contributed by atoms with Crippen LogP contribution in [-0.4, -0.2) is 43.8 Å². The first-order valence-electron chi connectivity index (χ1n) is 12.1. The molecule has 0 spiro atoms. The molecule has 2 aromatic carbocycles. The molecule has 0 radical (unpaired) electrons. The van der Waals surface area contributed by atoms with Crippen molar-refractivity contribution in [3.63, 3.8) is 0 Å². The van der Waals surface area contributed by atoms with Gasteiger partial charge in [-0.25, -0.2) is 19.6 Å². The maximum Gasteiger partial charge on any atom is 0.255 e. The van der Waals surface area contributed by atoms with E-state index >= 15 is 0 Å². The first-order chi connectivity index (χ1) is 18.2. The highest BCUT2D eigenvalue weighted by molar-refractivity contribution is 7.22. The molecular formula is C26H27ClN8O2S. The lowest BCUT2D eigenvalue weighted by molar-refractivity contribution is 0.0951.